The summed E-state index contributed by atoms with van der Waals surface area (Å²) in [5.74, 6) is 0.873. The van der Waals surface area contributed by atoms with Crippen molar-refractivity contribution in [1.29, 1.82) is 0 Å². The van der Waals surface area contributed by atoms with Crippen LogP contribution >= 0.6 is 24.0 Å². The summed E-state index contributed by atoms with van der Waals surface area (Å²) in [5.41, 5.74) is 2.18. The Morgan fingerprint density at radius 3 is 2.52 bits per heavy atom. The van der Waals surface area contributed by atoms with Crippen molar-refractivity contribution in [3.05, 3.63) is 35.4 Å². The first-order chi connectivity index (χ1) is 15.8. The topological polar surface area (TPSA) is 75.7 Å². The van der Waals surface area contributed by atoms with Gasteiger partial charge in [0, 0.05) is 13.1 Å². The van der Waals surface area contributed by atoms with Crippen molar-refractivity contribution < 1.29 is 19.1 Å². The van der Waals surface area contributed by atoms with E-state index >= 15 is 0 Å². The van der Waals surface area contributed by atoms with Crippen molar-refractivity contribution in [2.24, 2.45) is 17.3 Å². The smallest absolute Gasteiger partial charge is 0.312 e. The number of esters is 1. The van der Waals surface area contributed by atoms with Gasteiger partial charge in [-0.1, -0.05) is 53.8 Å². The Kier molecular flexibility index (Phi) is 6.02. The van der Waals surface area contributed by atoms with E-state index in [1.165, 1.54) is 34.2 Å². The normalized spacial score (nSPS) is 32.3. The first kappa shape index (κ1) is 22.8. The Balaban J connectivity index is 1.19. The molecule has 0 radical (unpaired) electrons. The zero-order valence-electron chi connectivity index (χ0n) is 18.9. The van der Waals surface area contributed by atoms with Crippen LogP contribution in [0.1, 0.15) is 49.7 Å². The van der Waals surface area contributed by atoms with Crippen LogP contribution in [0.2, 0.25) is 0 Å². The van der Waals surface area contributed by atoms with Crippen molar-refractivity contribution >= 4 is 46.1 Å². The van der Waals surface area contributed by atoms with Crippen molar-refractivity contribution in [2.75, 3.05) is 25.4 Å². The molecule has 33 heavy (non-hydrogen) atoms. The van der Waals surface area contributed by atoms with Gasteiger partial charge in [-0.2, -0.15) is 0 Å². The minimum Gasteiger partial charge on any atom is -0.455 e. The largest absolute Gasteiger partial charge is 0.455 e. The van der Waals surface area contributed by atoms with E-state index in [1.807, 2.05) is 0 Å². The van der Waals surface area contributed by atoms with Crippen LogP contribution < -0.4 is 5.32 Å². The second kappa shape index (κ2) is 8.69. The predicted molar refractivity (Wildman–Crippen MR) is 131 cm³/mol. The van der Waals surface area contributed by atoms with Crippen molar-refractivity contribution in [3.63, 3.8) is 0 Å². The summed E-state index contributed by atoms with van der Waals surface area (Å²) in [4.78, 5) is 38.9. The number of hydrogen-bond donors (Lipinski definition) is 1. The standard InChI is InChI=1S/C25H30N2O4S2/c1-16-2-4-19(5-3-16)24-9-17-8-18(10-24)12-25(11-17,15-24)22(30)31-13-20(28)26-6-7-27-21(29)14-33-23(27)32/h2-5,17-18H,6-15H2,1H3,(H,26,28). The summed E-state index contributed by atoms with van der Waals surface area (Å²) in [7, 11) is 0. The Labute approximate surface area is 204 Å². The lowest BCUT2D eigenvalue weighted by Crippen LogP contribution is -2.57. The molecule has 1 aromatic rings. The van der Waals surface area contributed by atoms with Crippen molar-refractivity contribution in [1.82, 2.24) is 10.2 Å². The van der Waals surface area contributed by atoms with Crippen LogP contribution in [-0.4, -0.2) is 52.5 Å². The number of benzene rings is 1. The lowest BCUT2D eigenvalue weighted by molar-refractivity contribution is -0.175. The zero-order valence-corrected chi connectivity index (χ0v) is 20.6. The Hall–Kier alpha value is -1.93. The number of aryl methyl sites for hydroxylation is 1. The van der Waals surface area contributed by atoms with Gasteiger partial charge in [-0.15, -0.1) is 0 Å². The molecule has 1 aliphatic heterocycles. The van der Waals surface area contributed by atoms with E-state index in [4.69, 9.17) is 17.0 Å². The van der Waals surface area contributed by atoms with E-state index in [-0.39, 0.29) is 36.4 Å². The predicted octanol–water partition coefficient (Wildman–Crippen LogP) is 3.35. The third-order valence-corrected chi connectivity index (χ3v) is 9.42. The van der Waals surface area contributed by atoms with Crippen LogP contribution in [0.15, 0.2) is 24.3 Å². The Morgan fingerprint density at radius 1 is 1.18 bits per heavy atom. The molecule has 1 aromatic carbocycles. The van der Waals surface area contributed by atoms with Crippen LogP contribution in [0.5, 0.6) is 0 Å². The second-order valence-electron chi connectivity index (χ2n) is 10.4. The van der Waals surface area contributed by atoms with Crippen LogP contribution in [-0.2, 0) is 24.5 Å². The highest BCUT2D eigenvalue weighted by molar-refractivity contribution is 8.23. The molecule has 5 fully saturated rings. The maximum absolute atomic E-state index is 13.3. The zero-order chi connectivity index (χ0) is 23.2. The molecule has 4 aliphatic carbocycles. The summed E-state index contributed by atoms with van der Waals surface area (Å²) < 4.78 is 6.14. The number of rotatable bonds is 7. The number of thiocarbonyl (C=S) groups is 1. The van der Waals surface area contributed by atoms with Crippen LogP contribution in [0.4, 0.5) is 0 Å². The Bertz CT molecular complexity index is 963. The number of nitrogens with zero attached hydrogens (tertiary/aromatic N) is 1. The lowest BCUT2D eigenvalue weighted by atomic mass is 9.43. The average molecular weight is 487 g/mol. The third-order valence-electron chi connectivity index (χ3n) is 7.99. The highest BCUT2D eigenvalue weighted by Crippen LogP contribution is 2.66. The second-order valence-corrected chi connectivity index (χ2v) is 12.0. The average Bonchev–Trinajstić information content (AvgIpc) is 3.09. The highest BCUT2D eigenvalue weighted by atomic mass is 32.2. The maximum Gasteiger partial charge on any atom is 0.312 e. The van der Waals surface area contributed by atoms with Gasteiger partial charge in [-0.05, 0) is 68.3 Å². The first-order valence-electron chi connectivity index (χ1n) is 11.8. The third kappa shape index (κ3) is 4.32. The fourth-order valence-electron chi connectivity index (χ4n) is 6.99. The molecule has 1 heterocycles. The SMILES string of the molecule is Cc1ccc(C23CC4CC(CC(C(=O)OCC(=O)NCCN5C(=O)CSC5=S)(C4)C2)C3)cc1. The molecular formula is C25H30N2O4S2. The number of amides is 2. The van der Waals surface area contributed by atoms with Gasteiger partial charge in [0.15, 0.2) is 6.61 Å². The van der Waals surface area contributed by atoms with E-state index in [2.05, 4.69) is 36.5 Å². The van der Waals surface area contributed by atoms with Crippen molar-refractivity contribution in [3.8, 4) is 0 Å². The summed E-state index contributed by atoms with van der Waals surface area (Å²) in [6.07, 6.45) is 6.09. The van der Waals surface area contributed by atoms with Crippen LogP contribution in [0, 0.1) is 24.2 Å². The highest BCUT2D eigenvalue weighted by Gasteiger charge is 2.61. The molecule has 2 unspecified atom stereocenters. The van der Waals surface area contributed by atoms with Gasteiger partial charge in [0.25, 0.3) is 5.91 Å². The molecule has 176 valence electrons. The fraction of sp³-hybridized carbons (Fsp3) is 0.600. The summed E-state index contributed by atoms with van der Waals surface area (Å²) >= 11 is 6.48. The number of hydrogen-bond acceptors (Lipinski definition) is 6. The molecule has 0 aromatic heterocycles. The lowest BCUT2D eigenvalue weighted by Gasteiger charge is -2.61. The Morgan fingerprint density at radius 2 is 1.88 bits per heavy atom. The van der Waals surface area contributed by atoms with Gasteiger partial charge in [0.05, 0.1) is 11.2 Å². The number of thioether (sulfide) groups is 1. The fourth-order valence-corrected chi connectivity index (χ4v) is 8.11. The molecule has 5 aliphatic rings. The minimum atomic E-state index is -0.472. The van der Waals surface area contributed by atoms with Gasteiger partial charge in [0.2, 0.25) is 5.91 Å². The minimum absolute atomic E-state index is 0.0324. The molecule has 2 amide bonds. The number of carbonyl (C=O) groups is 3. The molecular weight excluding hydrogens is 456 g/mol. The van der Waals surface area contributed by atoms with Crippen LogP contribution in [0.25, 0.3) is 0 Å². The summed E-state index contributed by atoms with van der Waals surface area (Å²) in [6, 6.07) is 8.82. The van der Waals surface area contributed by atoms with E-state index < -0.39 is 5.41 Å². The molecule has 6 rings (SSSR count). The van der Waals surface area contributed by atoms with E-state index in [9.17, 15) is 14.4 Å². The number of nitrogens with one attached hydrogen (secondary N) is 1. The number of carbonyl (C=O) groups excluding carboxylic acids is 3. The van der Waals surface area contributed by atoms with Gasteiger partial charge in [0.1, 0.15) is 4.32 Å². The van der Waals surface area contributed by atoms with Gasteiger partial charge in [-0.25, -0.2) is 0 Å². The number of ether oxygens (including phenoxy) is 1. The molecule has 1 N–H and O–H groups in total. The van der Waals surface area contributed by atoms with E-state index in [0.29, 0.717) is 28.5 Å². The summed E-state index contributed by atoms with van der Waals surface area (Å²) in [5, 5.41) is 2.74. The quantitative estimate of drug-likeness (QED) is 0.471. The molecule has 1 saturated heterocycles. The van der Waals surface area contributed by atoms with Crippen molar-refractivity contribution in [2.45, 2.75) is 50.9 Å². The van der Waals surface area contributed by atoms with Gasteiger partial charge >= 0.3 is 5.97 Å². The summed E-state index contributed by atoms with van der Waals surface area (Å²) in [6.45, 7) is 2.45. The van der Waals surface area contributed by atoms with E-state index in [1.54, 1.807) is 0 Å². The van der Waals surface area contributed by atoms with E-state index in [0.717, 1.165) is 32.1 Å². The molecule has 6 nitrogen and oxygen atoms in total. The van der Waals surface area contributed by atoms with Crippen LogP contribution in [0.3, 0.4) is 0 Å². The molecule has 8 heteroatoms. The molecule has 4 saturated carbocycles. The molecule has 2 atom stereocenters. The monoisotopic (exact) mass is 486 g/mol. The van der Waals surface area contributed by atoms with Gasteiger partial charge < -0.3 is 10.1 Å². The van der Waals surface area contributed by atoms with Gasteiger partial charge in [-0.3, -0.25) is 19.3 Å². The first-order valence-corrected chi connectivity index (χ1v) is 13.2. The molecule has 4 bridgehead atoms. The molecule has 0 spiro atoms. The maximum atomic E-state index is 13.3.